The van der Waals surface area contributed by atoms with Gasteiger partial charge in [0, 0.05) is 12.8 Å². The maximum absolute atomic E-state index is 12.5. The largest absolute Gasteiger partial charge is 0.466 e. The van der Waals surface area contributed by atoms with Crippen molar-refractivity contribution in [1.82, 2.24) is 5.32 Å². The number of esters is 1. The Morgan fingerprint density at radius 1 is 0.386 bits per heavy atom. The Morgan fingerprint density at radius 3 is 1.03 bits per heavy atom. The van der Waals surface area contributed by atoms with E-state index in [2.05, 4.69) is 43.5 Å². The SMILES string of the molecule is CCCCCC/C=C\CCCCCCCC(=O)OCCCCCCCCCCCCCC/C=C\CCCCCCCCCC(=O)NC(CO)C(O)/C=C/CCCCCCCCCCCCCCCCC. The molecule has 0 saturated heterocycles. The summed E-state index contributed by atoms with van der Waals surface area (Å²) in [6.07, 6.45) is 74.7. The highest BCUT2D eigenvalue weighted by atomic mass is 16.5. The van der Waals surface area contributed by atoms with E-state index in [1.807, 2.05) is 6.08 Å². The minimum Gasteiger partial charge on any atom is -0.466 e. The smallest absolute Gasteiger partial charge is 0.305 e. The molecule has 412 valence electrons. The Balaban J connectivity index is 3.44. The maximum atomic E-state index is 12.5. The third-order valence-electron chi connectivity index (χ3n) is 14.4. The molecule has 6 nitrogen and oxygen atoms in total. The highest BCUT2D eigenvalue weighted by Gasteiger charge is 2.18. The molecule has 0 aromatic heterocycles. The summed E-state index contributed by atoms with van der Waals surface area (Å²) in [5.74, 6) is -0.0710. The van der Waals surface area contributed by atoms with E-state index in [4.69, 9.17) is 4.74 Å². The van der Waals surface area contributed by atoms with Gasteiger partial charge >= 0.3 is 5.97 Å². The van der Waals surface area contributed by atoms with E-state index < -0.39 is 12.1 Å². The highest BCUT2D eigenvalue weighted by Crippen LogP contribution is 2.17. The number of unbranched alkanes of at least 4 members (excludes halogenated alkanes) is 43. The lowest BCUT2D eigenvalue weighted by Crippen LogP contribution is -2.45. The topological polar surface area (TPSA) is 95.9 Å². The molecule has 2 unspecified atom stereocenters. The molecule has 0 spiro atoms. The molecule has 0 aromatic rings. The van der Waals surface area contributed by atoms with Gasteiger partial charge in [-0.25, -0.2) is 0 Å². The van der Waals surface area contributed by atoms with Crippen molar-refractivity contribution >= 4 is 11.9 Å². The molecule has 0 aliphatic carbocycles. The lowest BCUT2D eigenvalue weighted by Gasteiger charge is -2.20. The zero-order valence-corrected chi connectivity index (χ0v) is 47.0. The van der Waals surface area contributed by atoms with Crippen LogP contribution in [0.4, 0.5) is 0 Å². The monoisotopic (exact) mass is 984 g/mol. The van der Waals surface area contributed by atoms with E-state index in [1.165, 1.54) is 257 Å². The second-order valence-electron chi connectivity index (χ2n) is 21.4. The number of aliphatic hydroxyl groups excluding tert-OH is 2. The fraction of sp³-hybridized carbons (Fsp3) is 0.875. The van der Waals surface area contributed by atoms with Crippen molar-refractivity contribution in [2.75, 3.05) is 13.2 Å². The number of carbonyl (C=O) groups excluding carboxylic acids is 2. The number of ether oxygens (including phenoxy) is 1. The zero-order valence-electron chi connectivity index (χ0n) is 47.0. The molecule has 0 radical (unpaired) electrons. The second-order valence-corrected chi connectivity index (χ2v) is 21.4. The van der Waals surface area contributed by atoms with Crippen molar-refractivity contribution in [2.24, 2.45) is 0 Å². The molecule has 1 amide bonds. The fourth-order valence-electron chi connectivity index (χ4n) is 9.57. The predicted octanol–water partition coefficient (Wildman–Crippen LogP) is 19.6. The standard InChI is InChI=1S/C64H121NO5/c1-3-5-7-9-11-13-15-17-18-26-29-33-36-40-44-48-52-56-62(67)61(60-66)65-63(68)57-53-49-45-41-37-34-30-27-24-22-20-19-21-23-25-28-31-35-39-43-47-51-55-59-70-64(69)58-54-50-46-42-38-32-16-14-12-10-8-6-4-2/h14,16,22,24,52,56,61-62,66-67H,3-13,15,17-21,23,25-51,53-55,57-60H2,1-2H3,(H,65,68)/b16-14-,24-22-,56-52+. The van der Waals surface area contributed by atoms with E-state index in [9.17, 15) is 19.8 Å². The van der Waals surface area contributed by atoms with Crippen LogP contribution in [0.5, 0.6) is 0 Å². The van der Waals surface area contributed by atoms with Gasteiger partial charge in [0.1, 0.15) is 0 Å². The average Bonchev–Trinajstić information content (AvgIpc) is 3.36. The minimum absolute atomic E-state index is 0.00169. The predicted molar refractivity (Wildman–Crippen MR) is 306 cm³/mol. The Hall–Kier alpha value is -1.92. The van der Waals surface area contributed by atoms with Gasteiger partial charge < -0.3 is 20.3 Å². The van der Waals surface area contributed by atoms with Gasteiger partial charge in [0.05, 0.1) is 25.4 Å². The molecule has 0 aromatic carbocycles. The summed E-state index contributed by atoms with van der Waals surface area (Å²) in [6, 6.07) is -0.633. The molecule has 0 fully saturated rings. The molecule has 0 saturated carbocycles. The van der Waals surface area contributed by atoms with Crippen LogP contribution in [0.15, 0.2) is 36.5 Å². The van der Waals surface area contributed by atoms with Crippen LogP contribution < -0.4 is 5.32 Å². The van der Waals surface area contributed by atoms with Crippen LogP contribution in [0, 0.1) is 0 Å². The third-order valence-corrected chi connectivity index (χ3v) is 14.4. The van der Waals surface area contributed by atoms with Crippen LogP contribution in [0.25, 0.3) is 0 Å². The molecular weight excluding hydrogens is 863 g/mol. The normalized spacial score (nSPS) is 12.8. The summed E-state index contributed by atoms with van der Waals surface area (Å²) in [6.45, 7) is 4.90. The Morgan fingerprint density at radius 2 is 0.671 bits per heavy atom. The number of nitrogens with one attached hydrogen (secondary N) is 1. The number of hydrogen-bond acceptors (Lipinski definition) is 5. The van der Waals surface area contributed by atoms with Crippen LogP contribution in [0.2, 0.25) is 0 Å². The molecular formula is C64H121NO5. The van der Waals surface area contributed by atoms with E-state index in [-0.39, 0.29) is 18.5 Å². The molecule has 6 heteroatoms. The van der Waals surface area contributed by atoms with Gasteiger partial charge in [-0.15, -0.1) is 0 Å². The van der Waals surface area contributed by atoms with Crippen molar-refractivity contribution in [2.45, 2.75) is 347 Å². The molecule has 0 bridgehead atoms. The number of allylic oxidation sites excluding steroid dienone is 5. The lowest BCUT2D eigenvalue weighted by molar-refractivity contribution is -0.143. The van der Waals surface area contributed by atoms with Crippen molar-refractivity contribution in [3.05, 3.63) is 36.5 Å². The maximum Gasteiger partial charge on any atom is 0.305 e. The van der Waals surface area contributed by atoms with Gasteiger partial charge in [-0.3, -0.25) is 9.59 Å². The average molecular weight is 985 g/mol. The van der Waals surface area contributed by atoms with Gasteiger partial charge in [0.15, 0.2) is 0 Å². The summed E-state index contributed by atoms with van der Waals surface area (Å²) in [7, 11) is 0. The van der Waals surface area contributed by atoms with Gasteiger partial charge in [0.2, 0.25) is 5.91 Å². The van der Waals surface area contributed by atoms with Crippen LogP contribution in [0.1, 0.15) is 335 Å². The second kappa shape index (κ2) is 59.6. The quantitative estimate of drug-likeness (QED) is 0.0321. The van der Waals surface area contributed by atoms with E-state index >= 15 is 0 Å². The number of rotatable bonds is 58. The summed E-state index contributed by atoms with van der Waals surface area (Å²) in [5.41, 5.74) is 0. The van der Waals surface area contributed by atoms with Crippen LogP contribution in [-0.4, -0.2) is 47.4 Å². The van der Waals surface area contributed by atoms with Gasteiger partial charge in [-0.05, 0) is 83.5 Å². The third kappa shape index (κ3) is 55.4. The molecule has 70 heavy (non-hydrogen) atoms. The van der Waals surface area contributed by atoms with E-state index in [0.717, 1.165) is 51.4 Å². The number of amides is 1. The van der Waals surface area contributed by atoms with E-state index in [1.54, 1.807) is 6.08 Å². The number of carbonyl (C=O) groups is 2. The van der Waals surface area contributed by atoms with Gasteiger partial charge in [-0.2, -0.15) is 0 Å². The Kier molecular flexibility index (Phi) is 58.0. The minimum atomic E-state index is -0.849. The first kappa shape index (κ1) is 68.1. The summed E-state index contributed by atoms with van der Waals surface area (Å²) in [5, 5.41) is 23.2. The van der Waals surface area contributed by atoms with Crippen molar-refractivity contribution < 1.29 is 24.5 Å². The first-order valence-corrected chi connectivity index (χ1v) is 31.3. The first-order valence-electron chi connectivity index (χ1n) is 31.3. The summed E-state index contributed by atoms with van der Waals surface area (Å²) >= 11 is 0. The van der Waals surface area contributed by atoms with Gasteiger partial charge in [-0.1, -0.05) is 275 Å². The summed E-state index contributed by atoms with van der Waals surface area (Å²) < 4.78 is 5.47. The molecule has 0 heterocycles. The van der Waals surface area contributed by atoms with Crippen LogP contribution in [-0.2, 0) is 14.3 Å². The summed E-state index contributed by atoms with van der Waals surface area (Å²) in [4.78, 5) is 24.5. The van der Waals surface area contributed by atoms with Gasteiger partial charge in [0.25, 0.3) is 0 Å². The van der Waals surface area contributed by atoms with Crippen molar-refractivity contribution in [3.63, 3.8) is 0 Å². The van der Waals surface area contributed by atoms with Crippen LogP contribution in [0.3, 0.4) is 0 Å². The first-order chi connectivity index (χ1) is 34.5. The zero-order chi connectivity index (χ0) is 50.7. The molecule has 0 aliphatic rings. The molecule has 0 rings (SSSR count). The molecule has 3 N–H and O–H groups in total. The highest BCUT2D eigenvalue weighted by molar-refractivity contribution is 5.76. The van der Waals surface area contributed by atoms with E-state index in [0.29, 0.717) is 19.4 Å². The number of hydrogen-bond donors (Lipinski definition) is 3. The van der Waals surface area contributed by atoms with Crippen molar-refractivity contribution in [1.29, 1.82) is 0 Å². The Bertz CT molecular complexity index is 1130. The van der Waals surface area contributed by atoms with Crippen LogP contribution >= 0.6 is 0 Å². The van der Waals surface area contributed by atoms with Crippen molar-refractivity contribution in [3.8, 4) is 0 Å². The molecule has 2 atom stereocenters. The number of aliphatic hydroxyl groups is 2. The molecule has 0 aliphatic heterocycles. The fourth-order valence-corrected chi connectivity index (χ4v) is 9.57. The Labute approximate surface area is 436 Å². The lowest BCUT2D eigenvalue weighted by atomic mass is 10.0.